The summed E-state index contributed by atoms with van der Waals surface area (Å²) in [5, 5.41) is 4.20. The number of nitrogens with zero attached hydrogens (tertiary/aromatic N) is 3. The molecule has 3 heterocycles. The van der Waals surface area contributed by atoms with Crippen LogP contribution in [0.4, 0.5) is 0 Å². The second-order valence-electron chi connectivity index (χ2n) is 7.62. The van der Waals surface area contributed by atoms with Gasteiger partial charge in [0.25, 0.3) is 0 Å². The molecule has 0 radical (unpaired) electrons. The molecule has 4 nitrogen and oxygen atoms in total. The molecule has 0 bridgehead atoms. The van der Waals surface area contributed by atoms with Gasteiger partial charge in [-0.15, -0.1) is 22.7 Å². The molecular formula is C22H25N3OS2. The summed E-state index contributed by atoms with van der Waals surface area (Å²) in [4.78, 5) is 27.5. The van der Waals surface area contributed by atoms with E-state index < -0.39 is 0 Å². The smallest absolute Gasteiger partial charge is 0.164 e. The third kappa shape index (κ3) is 4.55. The zero-order valence-corrected chi connectivity index (χ0v) is 18.0. The van der Waals surface area contributed by atoms with Crippen molar-refractivity contribution in [2.24, 2.45) is 5.92 Å². The Morgan fingerprint density at radius 2 is 1.96 bits per heavy atom. The standard InChI is InChI=1S/C22H25N3OS2/c1-14-22(28-15(2)24-14)19-13-27-21(25-19)11-18-9-8-17(12-23-18)20(26)10-16-6-4-3-5-7-16/h8-9,12-13,16H,3-7,10-11H2,1-2H3. The van der Waals surface area contributed by atoms with Crippen LogP contribution in [-0.4, -0.2) is 20.7 Å². The van der Waals surface area contributed by atoms with Gasteiger partial charge in [0.2, 0.25) is 0 Å². The third-order valence-corrected chi connectivity index (χ3v) is 7.31. The minimum atomic E-state index is 0.235. The van der Waals surface area contributed by atoms with Crippen LogP contribution in [0.2, 0.25) is 0 Å². The fourth-order valence-electron chi connectivity index (χ4n) is 3.89. The second kappa shape index (κ2) is 8.62. The van der Waals surface area contributed by atoms with Crippen LogP contribution in [0.3, 0.4) is 0 Å². The number of hydrogen-bond donors (Lipinski definition) is 0. The lowest BCUT2D eigenvalue weighted by atomic mass is 9.85. The van der Waals surface area contributed by atoms with Crippen LogP contribution in [-0.2, 0) is 6.42 Å². The number of thiazole rings is 2. The number of Topliss-reactive ketones (excluding diaryl/α,β-unsaturated/α-hetero) is 1. The van der Waals surface area contributed by atoms with Gasteiger partial charge in [0, 0.05) is 35.7 Å². The van der Waals surface area contributed by atoms with E-state index in [2.05, 4.69) is 15.3 Å². The highest BCUT2D eigenvalue weighted by atomic mass is 32.1. The summed E-state index contributed by atoms with van der Waals surface area (Å²) in [5.74, 6) is 0.798. The van der Waals surface area contributed by atoms with Crippen molar-refractivity contribution < 1.29 is 4.79 Å². The normalized spacial score (nSPS) is 15.1. The first-order chi connectivity index (χ1) is 13.6. The van der Waals surface area contributed by atoms with Crippen molar-refractivity contribution in [3.63, 3.8) is 0 Å². The molecule has 1 fully saturated rings. The summed E-state index contributed by atoms with van der Waals surface area (Å²) >= 11 is 3.34. The molecule has 4 rings (SSSR count). The van der Waals surface area contributed by atoms with Crippen LogP contribution >= 0.6 is 22.7 Å². The lowest BCUT2D eigenvalue weighted by Gasteiger charge is -2.20. The quantitative estimate of drug-likeness (QED) is 0.465. The summed E-state index contributed by atoms with van der Waals surface area (Å²) in [6, 6.07) is 3.90. The van der Waals surface area contributed by atoms with Gasteiger partial charge >= 0.3 is 0 Å². The summed E-state index contributed by atoms with van der Waals surface area (Å²) < 4.78 is 0. The van der Waals surface area contributed by atoms with Crippen LogP contribution in [0.25, 0.3) is 10.6 Å². The first-order valence-corrected chi connectivity index (χ1v) is 11.6. The minimum Gasteiger partial charge on any atom is -0.294 e. The Bertz CT molecular complexity index is 953. The van der Waals surface area contributed by atoms with E-state index in [-0.39, 0.29) is 5.78 Å². The molecule has 3 aromatic rings. The van der Waals surface area contributed by atoms with E-state index in [1.165, 1.54) is 32.1 Å². The summed E-state index contributed by atoms with van der Waals surface area (Å²) in [5.41, 5.74) is 3.73. The molecule has 0 spiro atoms. The van der Waals surface area contributed by atoms with Crippen molar-refractivity contribution in [1.82, 2.24) is 15.0 Å². The summed E-state index contributed by atoms with van der Waals surface area (Å²) in [7, 11) is 0. The van der Waals surface area contributed by atoms with Gasteiger partial charge in [-0.05, 0) is 31.9 Å². The van der Waals surface area contributed by atoms with Crippen molar-refractivity contribution in [3.05, 3.63) is 50.7 Å². The number of hydrogen-bond acceptors (Lipinski definition) is 6. The summed E-state index contributed by atoms with van der Waals surface area (Å²) in [6.45, 7) is 4.05. The van der Waals surface area contributed by atoms with E-state index in [0.717, 1.165) is 37.5 Å². The molecule has 1 aliphatic carbocycles. The highest BCUT2D eigenvalue weighted by Crippen LogP contribution is 2.31. The Labute approximate surface area is 174 Å². The second-order valence-corrected chi connectivity index (χ2v) is 9.77. The van der Waals surface area contributed by atoms with Crippen LogP contribution < -0.4 is 0 Å². The zero-order valence-electron chi connectivity index (χ0n) is 16.4. The molecule has 3 aromatic heterocycles. The van der Waals surface area contributed by atoms with Crippen LogP contribution in [0.15, 0.2) is 23.7 Å². The van der Waals surface area contributed by atoms with E-state index >= 15 is 0 Å². The topological polar surface area (TPSA) is 55.7 Å². The Morgan fingerprint density at radius 3 is 2.64 bits per heavy atom. The maximum Gasteiger partial charge on any atom is 0.164 e. The van der Waals surface area contributed by atoms with Gasteiger partial charge < -0.3 is 0 Å². The average Bonchev–Trinajstić information content (AvgIpc) is 3.28. The fraction of sp³-hybridized carbons (Fsp3) is 0.455. The first kappa shape index (κ1) is 19.4. The van der Waals surface area contributed by atoms with Gasteiger partial charge in [-0.25, -0.2) is 9.97 Å². The molecule has 0 N–H and O–H groups in total. The Kier molecular flexibility index (Phi) is 5.97. The highest BCUT2D eigenvalue weighted by Gasteiger charge is 2.18. The molecule has 0 amide bonds. The number of carbonyl (C=O) groups is 1. The van der Waals surface area contributed by atoms with Crippen LogP contribution in [0, 0.1) is 19.8 Å². The molecule has 0 atom stereocenters. The molecular weight excluding hydrogens is 386 g/mol. The largest absolute Gasteiger partial charge is 0.294 e. The first-order valence-electron chi connectivity index (χ1n) is 9.95. The summed E-state index contributed by atoms with van der Waals surface area (Å²) in [6.07, 6.45) is 9.36. The van der Waals surface area contributed by atoms with E-state index in [9.17, 15) is 4.79 Å². The maximum atomic E-state index is 12.5. The number of rotatable bonds is 6. The van der Waals surface area contributed by atoms with Gasteiger partial charge in [-0.1, -0.05) is 32.1 Å². The van der Waals surface area contributed by atoms with Crippen molar-refractivity contribution in [1.29, 1.82) is 0 Å². The molecule has 0 unspecified atom stereocenters. The number of carbonyl (C=O) groups excluding carboxylic acids is 1. The van der Waals surface area contributed by atoms with Gasteiger partial charge in [-0.2, -0.15) is 0 Å². The zero-order chi connectivity index (χ0) is 19.5. The molecule has 0 aromatic carbocycles. The minimum absolute atomic E-state index is 0.235. The average molecular weight is 412 g/mol. The predicted octanol–water partition coefficient (Wildman–Crippen LogP) is 6.02. The SMILES string of the molecule is Cc1nc(C)c(-c2csc(Cc3ccc(C(=O)CC4CCCCC4)cn3)n2)s1. The van der Waals surface area contributed by atoms with E-state index in [4.69, 9.17) is 4.98 Å². The molecule has 0 aliphatic heterocycles. The predicted molar refractivity (Wildman–Crippen MR) is 115 cm³/mol. The molecule has 1 aliphatic rings. The molecule has 0 saturated heterocycles. The Hall–Kier alpha value is -1.92. The van der Waals surface area contributed by atoms with Crippen LogP contribution in [0.5, 0.6) is 0 Å². The number of aromatic nitrogens is 3. The van der Waals surface area contributed by atoms with Crippen LogP contribution in [0.1, 0.15) is 70.3 Å². The molecule has 146 valence electrons. The highest BCUT2D eigenvalue weighted by molar-refractivity contribution is 7.15. The van der Waals surface area contributed by atoms with E-state index in [0.29, 0.717) is 18.8 Å². The van der Waals surface area contributed by atoms with E-state index in [1.54, 1.807) is 28.9 Å². The molecule has 6 heteroatoms. The van der Waals surface area contributed by atoms with E-state index in [1.807, 2.05) is 26.0 Å². The third-order valence-electron chi connectivity index (χ3n) is 5.37. The molecule has 1 saturated carbocycles. The number of aryl methyl sites for hydroxylation is 2. The Morgan fingerprint density at radius 1 is 1.14 bits per heavy atom. The Balaban J connectivity index is 1.39. The number of ketones is 1. The van der Waals surface area contributed by atoms with Crippen molar-refractivity contribution in [3.8, 4) is 10.6 Å². The maximum absolute atomic E-state index is 12.5. The number of pyridine rings is 1. The lowest BCUT2D eigenvalue weighted by Crippen LogP contribution is -2.12. The van der Waals surface area contributed by atoms with Crippen molar-refractivity contribution in [2.45, 2.75) is 58.8 Å². The molecule has 28 heavy (non-hydrogen) atoms. The van der Waals surface area contributed by atoms with Gasteiger partial charge in [-0.3, -0.25) is 9.78 Å². The monoisotopic (exact) mass is 411 g/mol. The van der Waals surface area contributed by atoms with Gasteiger partial charge in [0.15, 0.2) is 5.78 Å². The lowest BCUT2D eigenvalue weighted by molar-refractivity contribution is 0.0950. The van der Waals surface area contributed by atoms with Gasteiger partial charge in [0.1, 0.15) is 0 Å². The van der Waals surface area contributed by atoms with Crippen molar-refractivity contribution >= 4 is 28.5 Å². The fourth-order valence-corrected chi connectivity index (χ4v) is 5.64. The van der Waals surface area contributed by atoms with Crippen molar-refractivity contribution in [2.75, 3.05) is 0 Å². The van der Waals surface area contributed by atoms with Gasteiger partial charge in [0.05, 0.1) is 26.3 Å².